The number of ether oxygens (including phenoxy) is 1. The molecule has 94 valence electrons. The lowest BCUT2D eigenvalue weighted by molar-refractivity contribution is 0.0694. The van der Waals surface area contributed by atoms with Gasteiger partial charge in [-0.3, -0.25) is 0 Å². The van der Waals surface area contributed by atoms with Crippen LogP contribution in [0.15, 0.2) is 6.20 Å². The minimum absolute atomic E-state index is 0.0192. The lowest BCUT2D eigenvalue weighted by atomic mass is 10.0. The maximum Gasteiger partial charge on any atom is 0.339 e. The second-order valence-electron chi connectivity index (χ2n) is 4.30. The van der Waals surface area contributed by atoms with Crippen molar-refractivity contribution in [3.05, 3.63) is 23.3 Å². The molecule has 0 amide bonds. The number of carboxylic acids is 1. The van der Waals surface area contributed by atoms with Gasteiger partial charge in [0, 0.05) is 19.7 Å². The third-order valence-electron chi connectivity index (χ3n) is 2.52. The van der Waals surface area contributed by atoms with Crippen molar-refractivity contribution in [2.45, 2.75) is 39.2 Å². The highest BCUT2D eigenvalue weighted by atomic mass is 16.5. The number of nitrogens with zero attached hydrogens (tertiary/aromatic N) is 2. The van der Waals surface area contributed by atoms with Crippen LogP contribution in [-0.2, 0) is 11.2 Å². The van der Waals surface area contributed by atoms with Crippen LogP contribution in [0.25, 0.3) is 0 Å². The molecule has 0 aliphatic rings. The lowest BCUT2D eigenvalue weighted by Gasteiger charge is -2.12. The highest BCUT2D eigenvalue weighted by Crippen LogP contribution is 2.17. The zero-order valence-corrected chi connectivity index (χ0v) is 10.6. The van der Waals surface area contributed by atoms with Gasteiger partial charge in [0.15, 0.2) is 0 Å². The average Bonchev–Trinajstić information content (AvgIpc) is 2.28. The molecule has 0 spiro atoms. The largest absolute Gasteiger partial charge is 0.478 e. The summed E-state index contributed by atoms with van der Waals surface area (Å²) >= 11 is 0. The Kier molecular flexibility index (Phi) is 4.57. The van der Waals surface area contributed by atoms with E-state index in [9.17, 15) is 4.79 Å². The molecule has 1 aromatic heterocycles. The summed E-state index contributed by atoms with van der Waals surface area (Å²) in [6.07, 6.45) is 1.98. The molecular weight excluding hydrogens is 220 g/mol. The van der Waals surface area contributed by atoms with Gasteiger partial charge < -0.3 is 9.84 Å². The van der Waals surface area contributed by atoms with Crippen molar-refractivity contribution in [1.82, 2.24) is 9.97 Å². The van der Waals surface area contributed by atoms with Crippen LogP contribution >= 0.6 is 0 Å². The van der Waals surface area contributed by atoms with Gasteiger partial charge in [0.05, 0.1) is 17.4 Å². The van der Waals surface area contributed by atoms with Gasteiger partial charge in [-0.1, -0.05) is 13.8 Å². The normalized spacial score (nSPS) is 12.8. The van der Waals surface area contributed by atoms with Crippen molar-refractivity contribution in [3.63, 3.8) is 0 Å². The molecule has 1 N–H and O–H groups in total. The molecule has 0 aliphatic carbocycles. The Hall–Kier alpha value is -1.49. The van der Waals surface area contributed by atoms with Crippen molar-refractivity contribution in [1.29, 1.82) is 0 Å². The predicted octanol–water partition coefficient (Wildman–Crippen LogP) is 1.88. The number of rotatable bonds is 5. The lowest BCUT2D eigenvalue weighted by Crippen LogP contribution is -2.15. The summed E-state index contributed by atoms with van der Waals surface area (Å²) in [5.74, 6) is -0.311. The summed E-state index contributed by atoms with van der Waals surface area (Å²) < 4.78 is 5.14. The summed E-state index contributed by atoms with van der Waals surface area (Å²) in [6, 6.07) is 0. The van der Waals surface area contributed by atoms with Crippen molar-refractivity contribution in [2.24, 2.45) is 0 Å². The number of carboxylic acid groups (broad SMARTS) is 1. The second kappa shape index (κ2) is 5.72. The van der Waals surface area contributed by atoms with Crippen LogP contribution in [0.3, 0.4) is 0 Å². The van der Waals surface area contributed by atoms with Crippen LogP contribution in [0.1, 0.15) is 48.6 Å². The molecule has 0 aliphatic heterocycles. The number of aromatic carboxylic acids is 1. The van der Waals surface area contributed by atoms with Gasteiger partial charge >= 0.3 is 5.97 Å². The number of aromatic nitrogens is 2. The van der Waals surface area contributed by atoms with Crippen molar-refractivity contribution >= 4 is 5.97 Å². The van der Waals surface area contributed by atoms with E-state index in [0.29, 0.717) is 17.9 Å². The Morgan fingerprint density at radius 1 is 1.47 bits per heavy atom. The van der Waals surface area contributed by atoms with Crippen molar-refractivity contribution < 1.29 is 14.6 Å². The van der Waals surface area contributed by atoms with Gasteiger partial charge in [-0.15, -0.1) is 0 Å². The van der Waals surface area contributed by atoms with Crippen molar-refractivity contribution in [2.75, 3.05) is 7.11 Å². The molecule has 0 saturated carbocycles. The van der Waals surface area contributed by atoms with E-state index in [0.717, 1.165) is 0 Å². The summed E-state index contributed by atoms with van der Waals surface area (Å²) in [5, 5.41) is 9.03. The quantitative estimate of drug-likeness (QED) is 0.847. The molecular formula is C12H18N2O3. The van der Waals surface area contributed by atoms with E-state index in [-0.39, 0.29) is 17.6 Å². The highest BCUT2D eigenvalue weighted by molar-refractivity contribution is 5.88. The first-order valence-corrected chi connectivity index (χ1v) is 5.57. The molecule has 1 unspecified atom stereocenters. The van der Waals surface area contributed by atoms with Gasteiger partial charge in [-0.2, -0.15) is 0 Å². The Labute approximate surface area is 101 Å². The molecule has 1 aromatic rings. The molecule has 1 atom stereocenters. The third kappa shape index (κ3) is 3.49. The predicted molar refractivity (Wildman–Crippen MR) is 63.3 cm³/mol. The van der Waals surface area contributed by atoms with Gasteiger partial charge in [-0.25, -0.2) is 14.8 Å². The van der Waals surface area contributed by atoms with E-state index in [1.54, 1.807) is 7.11 Å². The summed E-state index contributed by atoms with van der Waals surface area (Å²) in [4.78, 5) is 19.4. The zero-order chi connectivity index (χ0) is 13.0. The Bertz CT molecular complexity index is 405. The Balaban J connectivity index is 3.05. The van der Waals surface area contributed by atoms with Crippen molar-refractivity contribution in [3.8, 4) is 0 Å². The number of carbonyl (C=O) groups is 1. The zero-order valence-electron chi connectivity index (χ0n) is 10.6. The van der Waals surface area contributed by atoms with E-state index in [4.69, 9.17) is 9.84 Å². The van der Waals surface area contributed by atoms with E-state index < -0.39 is 5.97 Å². The van der Waals surface area contributed by atoms with E-state index >= 15 is 0 Å². The van der Waals surface area contributed by atoms with Crippen LogP contribution in [-0.4, -0.2) is 34.3 Å². The minimum Gasteiger partial charge on any atom is -0.478 e. The fourth-order valence-corrected chi connectivity index (χ4v) is 1.48. The number of hydrogen-bond acceptors (Lipinski definition) is 4. The first-order chi connectivity index (χ1) is 7.95. The summed E-state index contributed by atoms with van der Waals surface area (Å²) in [5.41, 5.74) is 0.750. The molecule has 0 saturated heterocycles. The van der Waals surface area contributed by atoms with Gasteiger partial charge in [-0.05, 0) is 12.8 Å². The fraction of sp³-hybridized carbons (Fsp3) is 0.583. The topological polar surface area (TPSA) is 72.3 Å². The molecule has 0 aromatic carbocycles. The van der Waals surface area contributed by atoms with Gasteiger partial charge in [0.2, 0.25) is 0 Å². The minimum atomic E-state index is -0.986. The van der Waals surface area contributed by atoms with Gasteiger partial charge in [0.1, 0.15) is 5.82 Å². The average molecular weight is 238 g/mol. The van der Waals surface area contributed by atoms with Crippen LogP contribution < -0.4 is 0 Å². The molecule has 0 bridgehead atoms. The maximum atomic E-state index is 11.0. The standard InChI is InChI=1S/C12H18N2O3/c1-7(2)11-9(12(15)16)6-13-10(14-11)5-8(3)17-4/h6-8H,5H2,1-4H3,(H,15,16). The van der Waals surface area contributed by atoms with Crippen LogP contribution in [0, 0.1) is 0 Å². The SMILES string of the molecule is COC(C)Cc1ncc(C(=O)O)c(C(C)C)n1. The van der Waals surface area contributed by atoms with Crippen LogP contribution in [0.5, 0.6) is 0 Å². The summed E-state index contributed by atoms with van der Waals surface area (Å²) in [7, 11) is 1.62. The number of hydrogen-bond donors (Lipinski definition) is 1. The van der Waals surface area contributed by atoms with Crippen LogP contribution in [0.2, 0.25) is 0 Å². The summed E-state index contributed by atoms with van der Waals surface area (Å²) in [6.45, 7) is 5.75. The van der Waals surface area contributed by atoms with Crippen LogP contribution in [0.4, 0.5) is 0 Å². The Morgan fingerprint density at radius 2 is 2.12 bits per heavy atom. The first-order valence-electron chi connectivity index (χ1n) is 5.57. The maximum absolute atomic E-state index is 11.0. The van der Waals surface area contributed by atoms with E-state index in [1.165, 1.54) is 6.20 Å². The van der Waals surface area contributed by atoms with E-state index in [2.05, 4.69) is 9.97 Å². The van der Waals surface area contributed by atoms with Gasteiger partial charge in [0.25, 0.3) is 0 Å². The molecule has 5 nitrogen and oxygen atoms in total. The molecule has 5 heteroatoms. The fourth-order valence-electron chi connectivity index (χ4n) is 1.48. The molecule has 0 fully saturated rings. The smallest absolute Gasteiger partial charge is 0.339 e. The highest BCUT2D eigenvalue weighted by Gasteiger charge is 2.16. The third-order valence-corrected chi connectivity index (χ3v) is 2.52. The van der Waals surface area contributed by atoms with E-state index in [1.807, 2.05) is 20.8 Å². The first kappa shape index (κ1) is 13.6. The molecule has 0 radical (unpaired) electrons. The monoisotopic (exact) mass is 238 g/mol. The second-order valence-corrected chi connectivity index (χ2v) is 4.30. The Morgan fingerprint density at radius 3 is 2.59 bits per heavy atom. The number of methoxy groups -OCH3 is 1. The molecule has 17 heavy (non-hydrogen) atoms. The molecule has 1 rings (SSSR count). The molecule has 1 heterocycles.